The minimum absolute atomic E-state index is 0.0524. The van der Waals surface area contributed by atoms with Crippen LogP contribution in [-0.2, 0) is 32.5 Å². The summed E-state index contributed by atoms with van der Waals surface area (Å²) < 4.78 is 7.11. The van der Waals surface area contributed by atoms with Crippen LogP contribution in [0.4, 0.5) is 28.4 Å². The highest BCUT2D eigenvalue weighted by molar-refractivity contribution is 6.74. The number of rotatable bonds is 4. The Kier molecular flexibility index (Phi) is 9.23. The maximum atomic E-state index is 7.11. The van der Waals surface area contributed by atoms with Crippen LogP contribution in [-0.4, -0.2) is 7.28 Å². The summed E-state index contributed by atoms with van der Waals surface area (Å²) in [7, 11) is 2.53. The van der Waals surface area contributed by atoms with Crippen molar-refractivity contribution in [2.45, 2.75) is 154 Å². The van der Waals surface area contributed by atoms with Crippen LogP contribution in [0.25, 0.3) is 43.8 Å². The molecule has 1 aliphatic heterocycles. The number of nitrogens with zero attached hydrogens (tertiary/aromatic N) is 1. The molecule has 1 N–H and O–H groups in total. The van der Waals surface area contributed by atoms with Crippen molar-refractivity contribution in [2.24, 2.45) is 0 Å². The van der Waals surface area contributed by atoms with Crippen molar-refractivity contribution in [2.75, 3.05) is 10.2 Å². The standard InChI is InChI=1S/C64H68BN2O/c1-59(2)27-29-61(5,6)47-34-39(21-24-45(47)59)66-52-26-23-43-42-19-15-16-20-54(42)68-58(43)55(52)44-33-38-17-13-14-18-41(38)57-56(44)65-51-36-49-50(64(11,12)32-31-63(49,9)10)37-53(51)67(57)40-22-25-46-48(35-40)62(7,8)30-28-60(46,3)4/h13-26,33-37,66H,27-32H2,1-12H3. The zero-order valence-corrected chi connectivity index (χ0v) is 42.6. The van der Waals surface area contributed by atoms with Crippen molar-refractivity contribution in [1.82, 2.24) is 0 Å². The lowest BCUT2D eigenvalue weighted by atomic mass is 9.54. The average molecular weight is 892 g/mol. The lowest BCUT2D eigenvalue weighted by Crippen LogP contribution is -2.44. The van der Waals surface area contributed by atoms with Gasteiger partial charge in [-0.1, -0.05) is 149 Å². The molecule has 0 atom stereocenters. The summed E-state index contributed by atoms with van der Waals surface area (Å²) in [6, 6.07) is 44.4. The molecule has 4 heteroatoms. The van der Waals surface area contributed by atoms with Crippen LogP contribution in [0, 0.1) is 0 Å². The topological polar surface area (TPSA) is 28.4 Å². The molecule has 0 spiro atoms. The van der Waals surface area contributed by atoms with E-state index in [2.05, 4.69) is 216 Å². The van der Waals surface area contributed by atoms with Crippen molar-refractivity contribution in [1.29, 1.82) is 0 Å². The summed E-state index contributed by atoms with van der Waals surface area (Å²) in [6.07, 6.45) is 7.04. The molecule has 3 nitrogen and oxygen atoms in total. The van der Waals surface area contributed by atoms with E-state index < -0.39 is 0 Å². The Morgan fingerprint density at radius 2 is 1.03 bits per heavy atom. The SMILES string of the molecule is CC1(C)CCC(C)(C)c2cc(Nc3ccc4c(oc5ccccc54)c3-c3cc4ccccc4c4c3[B]c3cc5c(cc3N4c3ccc4c(c3)C(C)(C)CCC4(C)C)C(C)(C)CCC5(C)C)ccc21. The molecule has 68 heavy (non-hydrogen) atoms. The van der Waals surface area contributed by atoms with Gasteiger partial charge in [0, 0.05) is 44.5 Å². The monoisotopic (exact) mass is 892 g/mol. The number of anilines is 5. The van der Waals surface area contributed by atoms with E-state index in [4.69, 9.17) is 4.42 Å². The Balaban J connectivity index is 1.16. The number of hydrogen-bond acceptors (Lipinski definition) is 3. The first kappa shape index (κ1) is 43.5. The molecule has 2 heterocycles. The quantitative estimate of drug-likeness (QED) is 0.179. The minimum atomic E-state index is 0.0524. The van der Waals surface area contributed by atoms with Gasteiger partial charge >= 0.3 is 0 Å². The van der Waals surface area contributed by atoms with E-state index in [0.29, 0.717) is 0 Å². The van der Waals surface area contributed by atoms with E-state index in [1.807, 2.05) is 0 Å². The van der Waals surface area contributed by atoms with Gasteiger partial charge in [0.2, 0.25) is 0 Å². The second-order valence-electron chi connectivity index (χ2n) is 25.2. The third-order valence-electron chi connectivity index (χ3n) is 17.9. The largest absolute Gasteiger partial charge is 0.455 e. The molecule has 343 valence electrons. The molecule has 0 amide bonds. The Hall–Kier alpha value is -5.74. The predicted molar refractivity (Wildman–Crippen MR) is 292 cm³/mol. The lowest BCUT2D eigenvalue weighted by Gasteiger charge is -2.45. The molecule has 0 bridgehead atoms. The maximum absolute atomic E-state index is 7.11. The molecule has 12 rings (SSSR count). The van der Waals surface area contributed by atoms with Crippen LogP contribution >= 0.6 is 0 Å². The Labute approximate surface area is 406 Å². The Morgan fingerprint density at radius 3 is 1.69 bits per heavy atom. The van der Waals surface area contributed by atoms with Crippen molar-refractivity contribution in [3.63, 3.8) is 0 Å². The third-order valence-corrected chi connectivity index (χ3v) is 17.9. The molecule has 1 aromatic heterocycles. The van der Waals surface area contributed by atoms with Gasteiger partial charge in [0.1, 0.15) is 11.2 Å². The molecule has 0 saturated heterocycles. The van der Waals surface area contributed by atoms with E-state index >= 15 is 0 Å². The molecular weight excluding hydrogens is 824 g/mol. The summed E-state index contributed by atoms with van der Waals surface area (Å²) in [5.74, 6) is 0. The van der Waals surface area contributed by atoms with E-state index in [0.717, 1.165) is 63.7 Å². The molecule has 4 aliphatic rings. The molecule has 7 aromatic carbocycles. The fourth-order valence-corrected chi connectivity index (χ4v) is 13.1. The first-order valence-electron chi connectivity index (χ1n) is 25.6. The number of hydrogen-bond donors (Lipinski definition) is 1. The lowest BCUT2D eigenvalue weighted by molar-refractivity contribution is 0.332. The van der Waals surface area contributed by atoms with Crippen LogP contribution < -0.4 is 21.1 Å². The van der Waals surface area contributed by atoms with Gasteiger partial charge in [0.05, 0.1) is 5.69 Å². The highest BCUT2D eigenvalue weighted by Crippen LogP contribution is 2.53. The second kappa shape index (κ2) is 14.4. The van der Waals surface area contributed by atoms with Crippen LogP contribution in [0.2, 0.25) is 0 Å². The van der Waals surface area contributed by atoms with Gasteiger partial charge in [-0.3, -0.25) is 0 Å². The first-order chi connectivity index (χ1) is 32.1. The average Bonchev–Trinajstić information content (AvgIpc) is 3.68. The van der Waals surface area contributed by atoms with Crippen molar-refractivity contribution < 1.29 is 4.42 Å². The molecule has 0 fully saturated rings. The van der Waals surface area contributed by atoms with Crippen LogP contribution in [0.15, 0.2) is 120 Å². The summed E-state index contributed by atoms with van der Waals surface area (Å²) in [6.45, 7) is 29.3. The van der Waals surface area contributed by atoms with Gasteiger partial charge in [0.25, 0.3) is 0 Å². The maximum Gasteiger partial charge on any atom is 0.197 e. The summed E-state index contributed by atoms with van der Waals surface area (Å²) in [5.41, 5.74) is 21.7. The number of para-hydroxylation sites is 1. The van der Waals surface area contributed by atoms with Crippen molar-refractivity contribution in [3.05, 3.63) is 149 Å². The number of fused-ring (bicyclic) bond motifs is 10. The number of benzene rings is 7. The van der Waals surface area contributed by atoms with Gasteiger partial charge in [-0.2, -0.15) is 0 Å². The third kappa shape index (κ3) is 6.51. The van der Waals surface area contributed by atoms with Gasteiger partial charge in [-0.25, -0.2) is 0 Å². The summed E-state index contributed by atoms with van der Waals surface area (Å²) in [5, 5.41) is 8.78. The Bertz CT molecular complexity index is 3430. The van der Waals surface area contributed by atoms with E-state index in [1.165, 1.54) is 91.4 Å². The van der Waals surface area contributed by atoms with Gasteiger partial charge in [-0.05, 0) is 175 Å². The minimum Gasteiger partial charge on any atom is -0.455 e. The summed E-state index contributed by atoms with van der Waals surface area (Å²) in [4.78, 5) is 2.66. The zero-order chi connectivity index (χ0) is 47.5. The fraction of sp³-hybridized carbons (Fsp3) is 0.375. The normalized spacial score (nSPS) is 19.9. The highest BCUT2D eigenvalue weighted by atomic mass is 16.3. The second-order valence-corrected chi connectivity index (χ2v) is 25.2. The van der Waals surface area contributed by atoms with E-state index in [-0.39, 0.29) is 32.5 Å². The molecular formula is C64H68BN2O. The van der Waals surface area contributed by atoms with Crippen LogP contribution in [0.5, 0.6) is 0 Å². The van der Waals surface area contributed by atoms with Gasteiger partial charge in [0.15, 0.2) is 7.28 Å². The first-order valence-corrected chi connectivity index (χ1v) is 25.6. The summed E-state index contributed by atoms with van der Waals surface area (Å²) >= 11 is 0. The van der Waals surface area contributed by atoms with Gasteiger partial charge < -0.3 is 14.6 Å². The molecule has 8 aromatic rings. The molecule has 0 saturated carbocycles. The highest BCUT2D eigenvalue weighted by Gasteiger charge is 2.42. The number of nitrogens with one attached hydrogen (secondary N) is 1. The molecule has 3 aliphatic carbocycles. The predicted octanol–water partition coefficient (Wildman–Crippen LogP) is 16.6. The molecule has 0 unspecified atom stereocenters. The van der Waals surface area contributed by atoms with Gasteiger partial charge in [-0.15, -0.1) is 0 Å². The Morgan fingerprint density at radius 1 is 0.485 bits per heavy atom. The van der Waals surface area contributed by atoms with Crippen molar-refractivity contribution >= 4 is 79.4 Å². The van der Waals surface area contributed by atoms with E-state index in [9.17, 15) is 0 Å². The zero-order valence-electron chi connectivity index (χ0n) is 42.6. The van der Waals surface area contributed by atoms with Crippen LogP contribution in [0.1, 0.15) is 155 Å². The van der Waals surface area contributed by atoms with Crippen LogP contribution in [0.3, 0.4) is 0 Å². The van der Waals surface area contributed by atoms with E-state index in [1.54, 1.807) is 0 Å². The smallest absolute Gasteiger partial charge is 0.197 e. The molecule has 1 radical (unpaired) electrons. The number of furan rings is 1. The fourth-order valence-electron chi connectivity index (χ4n) is 13.1. The van der Waals surface area contributed by atoms with Crippen molar-refractivity contribution in [3.8, 4) is 11.1 Å².